The third-order valence-corrected chi connectivity index (χ3v) is 3.61. The molecule has 0 saturated heterocycles. The Morgan fingerprint density at radius 3 is 2.10 bits per heavy atom. The summed E-state index contributed by atoms with van der Waals surface area (Å²) in [5, 5.41) is 6.40. The Bertz CT molecular complexity index is 892. The summed E-state index contributed by atoms with van der Waals surface area (Å²) in [4.78, 5) is 34.6. The Hall–Kier alpha value is -3.88. The summed E-state index contributed by atoms with van der Waals surface area (Å²) in [5.41, 5.74) is 8.86. The number of rotatable bonds is 8. The maximum Gasteiger partial charge on any atom is 0.329 e. The molecule has 0 heterocycles. The van der Waals surface area contributed by atoms with Crippen LogP contribution in [-0.4, -0.2) is 36.6 Å². The van der Waals surface area contributed by atoms with Crippen LogP contribution in [0.4, 0.5) is 5.69 Å². The summed E-state index contributed by atoms with van der Waals surface area (Å²) in [5.74, 6) is -1.18. The molecule has 2 aromatic rings. The topological polar surface area (TPSA) is 132 Å². The second-order valence-corrected chi connectivity index (χ2v) is 5.83. The zero-order chi connectivity index (χ0) is 21.2. The molecule has 0 spiro atoms. The summed E-state index contributed by atoms with van der Waals surface area (Å²) in [6.07, 6.45) is 0. The van der Waals surface area contributed by atoms with E-state index in [-0.39, 0.29) is 6.61 Å². The number of hydrogen-bond donors (Lipinski definition) is 3. The molecule has 2 aromatic carbocycles. The number of hydrazone groups is 1. The molecule has 2 rings (SSSR count). The molecule has 29 heavy (non-hydrogen) atoms. The maximum atomic E-state index is 12.0. The highest BCUT2D eigenvalue weighted by atomic mass is 16.5. The number of nitrogens with zero attached hydrogens (tertiary/aromatic N) is 1. The van der Waals surface area contributed by atoms with E-state index in [2.05, 4.69) is 15.8 Å². The molecule has 0 radical (unpaired) electrons. The van der Waals surface area contributed by atoms with E-state index in [1.165, 1.54) is 0 Å². The van der Waals surface area contributed by atoms with E-state index in [1.54, 1.807) is 55.5 Å². The highest BCUT2D eigenvalue weighted by Crippen LogP contribution is 2.15. The molecule has 0 atom stereocenters. The van der Waals surface area contributed by atoms with Crippen LogP contribution in [0.25, 0.3) is 0 Å². The van der Waals surface area contributed by atoms with Crippen LogP contribution < -0.4 is 25.9 Å². The number of anilines is 1. The molecule has 0 unspecified atom stereocenters. The fourth-order valence-corrected chi connectivity index (χ4v) is 2.19. The van der Waals surface area contributed by atoms with Crippen molar-refractivity contribution in [2.24, 2.45) is 10.8 Å². The first-order valence-electron chi connectivity index (χ1n) is 8.79. The van der Waals surface area contributed by atoms with Gasteiger partial charge >= 0.3 is 11.8 Å². The first-order chi connectivity index (χ1) is 13.9. The lowest BCUT2D eigenvalue weighted by Crippen LogP contribution is -2.32. The second-order valence-electron chi connectivity index (χ2n) is 5.83. The molecule has 0 aliphatic heterocycles. The molecule has 9 nitrogen and oxygen atoms in total. The lowest BCUT2D eigenvalue weighted by Gasteiger charge is -2.07. The molecule has 0 bridgehead atoms. The largest absolute Gasteiger partial charge is 0.494 e. The van der Waals surface area contributed by atoms with Crippen LogP contribution in [0.5, 0.6) is 11.5 Å². The van der Waals surface area contributed by atoms with Gasteiger partial charge in [0, 0.05) is 5.69 Å². The van der Waals surface area contributed by atoms with E-state index in [0.717, 1.165) is 0 Å². The van der Waals surface area contributed by atoms with Crippen molar-refractivity contribution in [3.05, 3.63) is 54.1 Å². The molecule has 9 heteroatoms. The summed E-state index contributed by atoms with van der Waals surface area (Å²) < 4.78 is 10.5. The first-order valence-corrected chi connectivity index (χ1v) is 8.79. The highest BCUT2D eigenvalue weighted by Gasteiger charge is 2.13. The maximum absolute atomic E-state index is 12.0. The average Bonchev–Trinajstić information content (AvgIpc) is 2.72. The minimum absolute atomic E-state index is 0.216. The Balaban J connectivity index is 1.89. The Morgan fingerprint density at radius 1 is 0.931 bits per heavy atom. The number of amides is 3. The van der Waals surface area contributed by atoms with Gasteiger partial charge in [-0.05, 0) is 67.9 Å². The van der Waals surface area contributed by atoms with Crippen LogP contribution in [0.2, 0.25) is 0 Å². The molecule has 0 aromatic heterocycles. The van der Waals surface area contributed by atoms with Gasteiger partial charge in [-0.3, -0.25) is 14.4 Å². The normalized spacial score (nSPS) is 10.8. The monoisotopic (exact) mass is 398 g/mol. The fraction of sp³-hybridized carbons (Fsp3) is 0.200. The highest BCUT2D eigenvalue weighted by molar-refractivity contribution is 6.39. The summed E-state index contributed by atoms with van der Waals surface area (Å²) in [6.45, 7) is 3.86. The third kappa shape index (κ3) is 6.98. The van der Waals surface area contributed by atoms with E-state index in [9.17, 15) is 14.4 Å². The first kappa shape index (κ1) is 21.4. The Morgan fingerprint density at radius 2 is 1.52 bits per heavy atom. The molecule has 0 saturated carbocycles. The standard InChI is InChI=1S/C20H22N4O5/c1-3-28-16-10-6-15(7-11-16)22-19(26)20(27)24-23-13(2)14-4-8-17(9-5-14)29-12-18(21)25/h4-11H,3,12H2,1-2H3,(H2,21,25)(H,22,26)(H,24,27)/b23-13+. The second kappa shape index (κ2) is 10.5. The van der Waals surface area contributed by atoms with E-state index in [0.29, 0.717) is 35.1 Å². The van der Waals surface area contributed by atoms with Gasteiger partial charge in [0.15, 0.2) is 6.61 Å². The molecule has 0 aliphatic rings. The van der Waals surface area contributed by atoms with Crippen molar-refractivity contribution in [3.8, 4) is 11.5 Å². The Labute approximate surface area is 167 Å². The van der Waals surface area contributed by atoms with Gasteiger partial charge in [0.1, 0.15) is 11.5 Å². The number of nitrogens with two attached hydrogens (primary N) is 1. The zero-order valence-corrected chi connectivity index (χ0v) is 16.1. The zero-order valence-electron chi connectivity index (χ0n) is 16.1. The van der Waals surface area contributed by atoms with Crippen LogP contribution in [0.3, 0.4) is 0 Å². The van der Waals surface area contributed by atoms with Crippen molar-refractivity contribution in [2.75, 3.05) is 18.5 Å². The quantitative estimate of drug-likeness (QED) is 0.352. The lowest BCUT2D eigenvalue weighted by atomic mass is 10.1. The van der Waals surface area contributed by atoms with Gasteiger partial charge in [-0.1, -0.05) is 0 Å². The molecule has 4 N–H and O–H groups in total. The van der Waals surface area contributed by atoms with Crippen LogP contribution in [0, 0.1) is 0 Å². The van der Waals surface area contributed by atoms with Crippen molar-refractivity contribution in [1.29, 1.82) is 0 Å². The van der Waals surface area contributed by atoms with Gasteiger partial charge in [0.25, 0.3) is 5.91 Å². The number of ether oxygens (including phenoxy) is 2. The average molecular weight is 398 g/mol. The van der Waals surface area contributed by atoms with Crippen LogP contribution in [0.1, 0.15) is 19.4 Å². The van der Waals surface area contributed by atoms with E-state index < -0.39 is 17.7 Å². The van der Waals surface area contributed by atoms with E-state index >= 15 is 0 Å². The minimum Gasteiger partial charge on any atom is -0.494 e. The Kier molecular flexibility index (Phi) is 7.72. The van der Waals surface area contributed by atoms with Gasteiger partial charge < -0.3 is 20.5 Å². The summed E-state index contributed by atoms with van der Waals surface area (Å²) in [7, 11) is 0. The predicted molar refractivity (Wildman–Crippen MR) is 108 cm³/mol. The summed E-state index contributed by atoms with van der Waals surface area (Å²) >= 11 is 0. The number of primary amides is 1. The predicted octanol–water partition coefficient (Wildman–Crippen LogP) is 1.43. The number of nitrogens with one attached hydrogen (secondary N) is 2. The molecular weight excluding hydrogens is 376 g/mol. The van der Waals surface area contributed by atoms with E-state index in [4.69, 9.17) is 15.2 Å². The van der Waals surface area contributed by atoms with Crippen molar-refractivity contribution in [2.45, 2.75) is 13.8 Å². The van der Waals surface area contributed by atoms with Crippen LogP contribution >= 0.6 is 0 Å². The molecule has 0 aliphatic carbocycles. The minimum atomic E-state index is -0.903. The van der Waals surface area contributed by atoms with Gasteiger partial charge in [0.05, 0.1) is 12.3 Å². The van der Waals surface area contributed by atoms with Crippen LogP contribution in [0.15, 0.2) is 53.6 Å². The van der Waals surface area contributed by atoms with Gasteiger partial charge in [-0.25, -0.2) is 5.43 Å². The third-order valence-electron chi connectivity index (χ3n) is 3.61. The molecule has 152 valence electrons. The smallest absolute Gasteiger partial charge is 0.329 e. The molecule has 0 fully saturated rings. The number of carbonyl (C=O) groups is 3. The number of hydrogen-bond acceptors (Lipinski definition) is 6. The molecule has 3 amide bonds. The van der Waals surface area contributed by atoms with Crippen LogP contribution in [-0.2, 0) is 14.4 Å². The number of benzene rings is 2. The number of carbonyl (C=O) groups excluding carboxylic acids is 3. The van der Waals surface area contributed by atoms with Gasteiger partial charge in [-0.2, -0.15) is 5.10 Å². The fourth-order valence-electron chi connectivity index (χ4n) is 2.19. The van der Waals surface area contributed by atoms with Gasteiger partial charge in [0.2, 0.25) is 0 Å². The van der Waals surface area contributed by atoms with Crippen molar-refractivity contribution >= 4 is 29.1 Å². The molecular formula is C20H22N4O5. The lowest BCUT2D eigenvalue weighted by molar-refractivity contribution is -0.136. The summed E-state index contributed by atoms with van der Waals surface area (Å²) in [6, 6.07) is 13.3. The van der Waals surface area contributed by atoms with Crippen molar-refractivity contribution < 1.29 is 23.9 Å². The van der Waals surface area contributed by atoms with Crippen molar-refractivity contribution in [1.82, 2.24) is 5.43 Å². The van der Waals surface area contributed by atoms with E-state index in [1.807, 2.05) is 6.92 Å². The van der Waals surface area contributed by atoms with Crippen molar-refractivity contribution in [3.63, 3.8) is 0 Å². The van der Waals surface area contributed by atoms with Gasteiger partial charge in [-0.15, -0.1) is 0 Å². The SMILES string of the molecule is CCOc1ccc(NC(=O)C(=O)N/N=C(\C)c2ccc(OCC(N)=O)cc2)cc1.